The fourth-order valence-corrected chi connectivity index (χ4v) is 17.9. The van der Waals surface area contributed by atoms with Crippen LogP contribution in [-0.2, 0) is 32.1 Å². The molecular weight excluding hydrogens is 632 g/mol. The topological polar surface area (TPSA) is 0 Å². The summed E-state index contributed by atoms with van der Waals surface area (Å²) < 4.78 is 3.85. The second-order valence-electron chi connectivity index (χ2n) is 15.4. The van der Waals surface area contributed by atoms with Crippen LogP contribution in [0.2, 0.25) is 0 Å². The van der Waals surface area contributed by atoms with Crippen LogP contribution in [-0.4, -0.2) is 3.21 Å². The van der Waals surface area contributed by atoms with E-state index in [1.807, 2.05) is 0 Å². The third kappa shape index (κ3) is 5.99. The monoisotopic (exact) mass is 682 g/mol. The third-order valence-corrected chi connectivity index (χ3v) is 18.9. The third-order valence-electron chi connectivity index (χ3n) is 10.4. The molecule has 1 unspecified atom stereocenters. The molecule has 0 aromatic heterocycles. The zero-order valence-corrected chi connectivity index (χ0v) is 32.0. The Bertz CT molecular complexity index is 1730. The number of hydrogen-bond acceptors (Lipinski definition) is 0. The summed E-state index contributed by atoms with van der Waals surface area (Å²) in [6.45, 7) is 21.4. The van der Waals surface area contributed by atoms with Crippen LogP contribution in [0.5, 0.6) is 0 Å². The van der Waals surface area contributed by atoms with Crippen molar-refractivity contribution >= 4 is 3.21 Å². The molecule has 0 N–H and O–H groups in total. The molecule has 2 aliphatic rings. The molecule has 0 saturated heterocycles. The molecular formula is C45H52Zr. The Morgan fingerprint density at radius 2 is 1.09 bits per heavy atom. The van der Waals surface area contributed by atoms with Crippen LogP contribution >= 0.6 is 0 Å². The molecule has 0 fully saturated rings. The summed E-state index contributed by atoms with van der Waals surface area (Å²) in [5, 5.41) is 0. The first kappa shape index (κ1) is 33.0. The van der Waals surface area contributed by atoms with E-state index in [0.717, 1.165) is 12.8 Å². The predicted molar refractivity (Wildman–Crippen MR) is 197 cm³/mol. The quantitative estimate of drug-likeness (QED) is 0.182. The van der Waals surface area contributed by atoms with Crippen molar-refractivity contribution < 1.29 is 21.3 Å². The molecule has 0 amide bonds. The summed E-state index contributed by atoms with van der Waals surface area (Å²) in [6.07, 6.45) is 6.17. The van der Waals surface area contributed by atoms with Gasteiger partial charge in [0.15, 0.2) is 0 Å². The van der Waals surface area contributed by atoms with Crippen LogP contribution < -0.4 is 0 Å². The summed E-state index contributed by atoms with van der Waals surface area (Å²) in [5.41, 5.74) is 15.3. The Morgan fingerprint density at radius 3 is 1.48 bits per heavy atom. The Morgan fingerprint density at radius 1 is 0.609 bits per heavy atom. The van der Waals surface area contributed by atoms with Crippen LogP contribution in [0, 0.1) is 5.92 Å². The molecule has 0 bridgehead atoms. The fourth-order valence-electron chi connectivity index (χ4n) is 7.97. The molecule has 236 valence electrons. The molecule has 0 radical (unpaired) electrons. The average Bonchev–Trinajstić information content (AvgIpc) is 3.57. The van der Waals surface area contributed by atoms with Crippen molar-refractivity contribution in [3.8, 4) is 11.1 Å². The second kappa shape index (κ2) is 13.0. The minimum absolute atomic E-state index is 0.0880. The molecule has 0 aliphatic heterocycles. The van der Waals surface area contributed by atoms with Crippen molar-refractivity contribution in [3.05, 3.63) is 151 Å². The summed E-state index contributed by atoms with van der Waals surface area (Å²) in [5.74, 6) is 0.542. The number of rotatable bonds is 7. The van der Waals surface area contributed by atoms with Gasteiger partial charge in [0, 0.05) is 0 Å². The number of allylic oxidation sites excluding steroid dienone is 4. The zero-order valence-electron chi connectivity index (χ0n) is 29.6. The van der Waals surface area contributed by atoms with Crippen LogP contribution in [0.25, 0.3) is 11.1 Å². The fraction of sp³-hybridized carbons (Fsp3) is 0.356. The average molecular weight is 684 g/mol. The van der Waals surface area contributed by atoms with E-state index < -0.39 is 21.3 Å². The van der Waals surface area contributed by atoms with Gasteiger partial charge in [0.25, 0.3) is 0 Å². The SMILES string of the molecule is CCC1=C(CC)C(CC)[C]([Zr](=[C](c2ccccc2)c2ccccc2)[CH]2c3cc(C(C)(C)C)ccc3-c3ccc(C(C)(C)C)cc32)=C1. The van der Waals surface area contributed by atoms with Crippen molar-refractivity contribution in [2.45, 2.75) is 96.0 Å². The van der Waals surface area contributed by atoms with Crippen LogP contribution in [0.3, 0.4) is 0 Å². The first-order valence-corrected chi connectivity index (χ1v) is 21.4. The van der Waals surface area contributed by atoms with Crippen LogP contribution in [0.15, 0.2) is 118 Å². The second-order valence-corrected chi connectivity index (χ2v) is 21.5. The van der Waals surface area contributed by atoms with Gasteiger partial charge in [-0.3, -0.25) is 0 Å². The van der Waals surface area contributed by atoms with Gasteiger partial charge in [0.05, 0.1) is 0 Å². The molecule has 0 spiro atoms. The van der Waals surface area contributed by atoms with Gasteiger partial charge < -0.3 is 0 Å². The van der Waals surface area contributed by atoms with E-state index in [1.165, 1.54) is 39.8 Å². The van der Waals surface area contributed by atoms with Crippen molar-refractivity contribution in [1.29, 1.82) is 0 Å². The van der Waals surface area contributed by atoms with E-state index in [9.17, 15) is 0 Å². The van der Waals surface area contributed by atoms with Gasteiger partial charge >= 0.3 is 288 Å². The molecule has 0 saturated carbocycles. The van der Waals surface area contributed by atoms with Crippen molar-refractivity contribution in [2.24, 2.45) is 5.92 Å². The van der Waals surface area contributed by atoms with Gasteiger partial charge in [0.1, 0.15) is 0 Å². The first-order chi connectivity index (χ1) is 22.0. The molecule has 4 aromatic rings. The number of hydrogen-bond donors (Lipinski definition) is 0. The van der Waals surface area contributed by atoms with E-state index in [-0.39, 0.29) is 10.8 Å². The van der Waals surface area contributed by atoms with Gasteiger partial charge in [-0.25, -0.2) is 0 Å². The molecule has 0 nitrogen and oxygen atoms in total. The van der Waals surface area contributed by atoms with E-state index in [4.69, 9.17) is 0 Å². The van der Waals surface area contributed by atoms with Gasteiger partial charge in [-0.05, 0) is 0 Å². The number of fused-ring (bicyclic) bond motifs is 3. The molecule has 4 aromatic carbocycles. The van der Waals surface area contributed by atoms with Crippen LogP contribution in [0.4, 0.5) is 0 Å². The predicted octanol–water partition coefficient (Wildman–Crippen LogP) is 12.3. The summed E-state index contributed by atoms with van der Waals surface area (Å²) in [6, 6.07) is 37.9. The molecule has 2 aliphatic carbocycles. The Labute approximate surface area is 286 Å². The van der Waals surface area contributed by atoms with E-state index >= 15 is 0 Å². The summed E-state index contributed by atoms with van der Waals surface area (Å²) in [4.78, 5) is 0. The standard InChI is InChI=1S/C21H25.C13H10.C11H17.Zr/c1-20(2,3)16-7-9-18-14(12-16)11-15-13-17(21(4,5)6)8-10-19(15)18;1-3-7-12(8-4-1)11-13-9-5-2-6-10-13;1-4-9-7-8-10(5-2)11(9)6-3;/h7-13H,1-6H3;1-10H;7,10H,4-6H2,1-3H3;. The molecule has 0 heterocycles. The molecule has 1 atom stereocenters. The summed E-state index contributed by atoms with van der Waals surface area (Å²) in [7, 11) is 0. The van der Waals surface area contributed by atoms with Crippen LogP contribution in [0.1, 0.15) is 119 Å². The van der Waals surface area contributed by atoms with Gasteiger partial charge in [-0.15, -0.1) is 0 Å². The van der Waals surface area contributed by atoms with E-state index in [1.54, 1.807) is 28.8 Å². The minimum atomic E-state index is -2.87. The van der Waals surface area contributed by atoms with Crippen molar-refractivity contribution in [1.82, 2.24) is 0 Å². The van der Waals surface area contributed by atoms with Crippen molar-refractivity contribution in [3.63, 3.8) is 0 Å². The maximum absolute atomic E-state index is 2.87. The molecule has 1 heteroatoms. The number of benzene rings is 4. The first-order valence-electron chi connectivity index (χ1n) is 17.6. The zero-order chi connectivity index (χ0) is 32.8. The maximum atomic E-state index is 2.73. The molecule has 6 rings (SSSR count). The summed E-state index contributed by atoms with van der Waals surface area (Å²) >= 11 is -2.87. The Hall–Kier alpha value is -2.89. The van der Waals surface area contributed by atoms with Crippen molar-refractivity contribution in [2.75, 3.05) is 0 Å². The van der Waals surface area contributed by atoms with E-state index in [2.05, 4.69) is 165 Å². The van der Waals surface area contributed by atoms with E-state index in [0.29, 0.717) is 9.54 Å². The molecule has 46 heavy (non-hydrogen) atoms. The van der Waals surface area contributed by atoms with Gasteiger partial charge in [-0.2, -0.15) is 0 Å². The Kier molecular flexibility index (Phi) is 9.31. The Balaban J connectivity index is 1.79. The van der Waals surface area contributed by atoms with Gasteiger partial charge in [0.2, 0.25) is 0 Å². The van der Waals surface area contributed by atoms with Gasteiger partial charge in [-0.1, -0.05) is 0 Å². The normalized spacial score (nSPS) is 16.4.